The van der Waals surface area contributed by atoms with Gasteiger partial charge in [0.1, 0.15) is 42.6 Å². The summed E-state index contributed by atoms with van der Waals surface area (Å²) in [7, 11) is 0. The molecule has 1 saturated heterocycles. The highest BCUT2D eigenvalue weighted by Crippen LogP contribution is 2.42. The number of benzene rings is 5. The topological polar surface area (TPSA) is 178 Å². The number of thiophene rings is 4. The van der Waals surface area contributed by atoms with Crippen molar-refractivity contribution in [3.05, 3.63) is 212 Å². The van der Waals surface area contributed by atoms with Gasteiger partial charge in [-0.25, -0.2) is 31.9 Å². The Kier molecular flexibility index (Phi) is 24.2. The van der Waals surface area contributed by atoms with Gasteiger partial charge >= 0.3 is 35.7 Å². The van der Waals surface area contributed by atoms with Crippen molar-refractivity contribution < 1.29 is 97.0 Å². The lowest BCUT2D eigenvalue weighted by atomic mass is 10.0. The highest BCUT2D eigenvalue weighted by atomic mass is 32.1. The van der Waals surface area contributed by atoms with Crippen molar-refractivity contribution in [2.75, 3.05) is 46.1 Å². The molecule has 5 aromatic carbocycles. The van der Waals surface area contributed by atoms with E-state index in [1.54, 1.807) is 49.4 Å². The number of carbonyl (C=O) groups excluding carboxylic acids is 4. The number of aliphatic carboxylic acids is 1. The van der Waals surface area contributed by atoms with E-state index in [-0.39, 0.29) is 25.6 Å². The molecule has 6 heterocycles. The molecular weight excluding hydrogens is 1330 g/mol. The van der Waals surface area contributed by atoms with Gasteiger partial charge in [-0.2, -0.15) is 26.3 Å². The van der Waals surface area contributed by atoms with Gasteiger partial charge in [-0.05, 0) is 177 Å². The van der Waals surface area contributed by atoms with E-state index in [4.69, 9.17) is 14.6 Å². The van der Waals surface area contributed by atoms with Crippen LogP contribution in [0.1, 0.15) is 62.7 Å². The molecule has 0 spiro atoms. The number of ketones is 1. The number of amides is 1. The van der Waals surface area contributed by atoms with Gasteiger partial charge in [0.25, 0.3) is 11.7 Å². The van der Waals surface area contributed by atoms with Crippen molar-refractivity contribution in [2.24, 2.45) is 0 Å². The van der Waals surface area contributed by atoms with Crippen molar-refractivity contribution >= 4 is 74.9 Å². The van der Waals surface area contributed by atoms with E-state index >= 15 is 8.78 Å². The van der Waals surface area contributed by atoms with Crippen LogP contribution in [0.5, 0.6) is 11.5 Å². The molecule has 0 unspecified atom stereocenters. The molecule has 3 N–H and O–H groups in total. The second-order valence-corrected chi connectivity index (χ2v) is 24.8. The Morgan fingerprint density at radius 1 is 0.521 bits per heavy atom. The summed E-state index contributed by atoms with van der Waals surface area (Å²) in [6.07, 6.45) is 0.700. The van der Waals surface area contributed by atoms with E-state index in [1.807, 2.05) is 4.90 Å². The number of carboxylic acids is 1. The van der Waals surface area contributed by atoms with Gasteiger partial charge in [-0.1, -0.05) is 54.6 Å². The Morgan fingerprint density at radius 3 is 1.36 bits per heavy atom. The van der Waals surface area contributed by atoms with Crippen molar-refractivity contribution in [1.29, 1.82) is 0 Å². The van der Waals surface area contributed by atoms with Gasteiger partial charge in [0.05, 0.1) is 38.8 Å². The first-order valence-corrected chi connectivity index (χ1v) is 31.9. The number of fused-ring (bicyclic) bond motifs is 1. The van der Waals surface area contributed by atoms with Crippen LogP contribution < -0.4 is 14.8 Å². The van der Waals surface area contributed by atoms with Gasteiger partial charge in [0.2, 0.25) is 0 Å². The normalized spacial score (nSPS) is 13.5. The lowest BCUT2D eigenvalue weighted by molar-refractivity contribution is -0.172. The molecule has 0 saturated carbocycles. The van der Waals surface area contributed by atoms with Gasteiger partial charge in [-0.3, -0.25) is 9.59 Å². The Bertz CT molecular complexity index is 4040. The van der Waals surface area contributed by atoms with Crippen LogP contribution >= 0.6 is 45.3 Å². The van der Waals surface area contributed by atoms with Crippen LogP contribution in [0.2, 0.25) is 0 Å². The summed E-state index contributed by atoms with van der Waals surface area (Å²) in [5, 5.41) is 22.0. The maximum absolute atomic E-state index is 15.3. The summed E-state index contributed by atoms with van der Waals surface area (Å²) >= 11 is 3.41. The van der Waals surface area contributed by atoms with E-state index in [2.05, 4.69) is 14.8 Å². The highest BCUT2D eigenvalue weighted by Gasteiger charge is 2.46. The van der Waals surface area contributed by atoms with Crippen LogP contribution in [-0.4, -0.2) is 96.8 Å². The zero-order chi connectivity index (χ0) is 67.9. The molecule has 1 fully saturated rings. The lowest BCUT2D eigenvalue weighted by Gasteiger charge is -2.30. The Balaban J connectivity index is 0.000000171. The molecule has 0 radical (unpaired) electrons. The van der Waals surface area contributed by atoms with E-state index in [0.717, 1.165) is 65.1 Å². The van der Waals surface area contributed by atoms with Gasteiger partial charge in [0, 0.05) is 26.1 Å². The van der Waals surface area contributed by atoms with Gasteiger partial charge < -0.3 is 39.4 Å². The number of esters is 2. The van der Waals surface area contributed by atoms with Crippen molar-refractivity contribution in [2.45, 2.75) is 56.6 Å². The third-order valence-corrected chi connectivity index (χ3v) is 18.6. The molecule has 9 aromatic rings. The predicted molar refractivity (Wildman–Crippen MR) is 336 cm³/mol. The number of aliphatic hydroxyl groups excluding tert-OH is 1. The minimum atomic E-state index is -3.90. The average molecular weight is 1380 g/mol. The van der Waals surface area contributed by atoms with Crippen LogP contribution in [0.4, 0.5) is 43.9 Å². The SMILES string of the molecule is CCOC(=O)C(=O)c1ccc(-c2ccc(F)cc2)s1.CCOC(=O)C(F)(F)c1ccc(-c2ccc(F)cc2)s1.O=C(N[C@H](CN1CCCC1)[C@H](O)c1ccc2c(c1)OCCO2)C(F)(F)c1ccc(-c2ccc(F)cc2)s1.O=C(O)C(F)(F)c1ccc(-c2ccc(F)cc2)s1. The maximum Gasteiger partial charge on any atom is 0.382 e. The number of carbonyl (C=O) groups is 5. The van der Waals surface area contributed by atoms with Crippen molar-refractivity contribution in [3.63, 3.8) is 0 Å². The van der Waals surface area contributed by atoms with Crippen LogP contribution in [0.3, 0.4) is 0 Å². The first kappa shape index (κ1) is 71.1. The molecule has 2 aliphatic rings. The van der Waals surface area contributed by atoms with Gasteiger partial charge in [-0.15, -0.1) is 45.3 Å². The van der Waals surface area contributed by atoms with Crippen molar-refractivity contribution in [1.82, 2.24) is 10.2 Å². The second-order valence-electron chi connectivity index (χ2n) is 20.4. The first-order chi connectivity index (χ1) is 44.8. The molecule has 27 heteroatoms. The number of Topliss-reactive ketones (excluding diaryl/α,β-unsaturated/α-hetero) is 1. The number of rotatable bonds is 19. The Hall–Kier alpha value is -8.73. The van der Waals surface area contributed by atoms with Crippen molar-refractivity contribution in [3.8, 4) is 53.3 Å². The standard InChI is InChI=1S/C27H27F3N2O4S.C14H11F3O2S.C14H11FO3S.C12H7F3O2S/c28-19-6-3-17(4-7-19)23-9-10-24(37-23)27(29,30)26(34)31-20(16-32-11-1-2-12-32)25(33)18-5-8-21-22(15-18)36-14-13-35-21;1-2-19-13(18)14(16,17)12-8-7-11(20-12)9-3-5-10(15)6-4-9;1-2-18-14(17)13(16)12-8-7-11(19-12)9-3-5-10(15)6-4-9;13-8-3-1-7(2-4-8)9-5-6-10(18-9)12(14,15)11(16)17/h3-10,15,20,25,33H,1-2,11-14,16H2,(H,31,34);3-8H,2H2,1H3;3-8H,2H2,1H3;1-6H,(H,16,17)/t20-,25-;;;/m1.../s1. The van der Waals surface area contributed by atoms with Crippen LogP contribution in [0, 0.1) is 23.3 Å². The number of carboxylic acid groups (broad SMARTS) is 1. The number of halogens is 10. The summed E-state index contributed by atoms with van der Waals surface area (Å²) in [6.45, 7) is 5.71. The third kappa shape index (κ3) is 18.1. The summed E-state index contributed by atoms with van der Waals surface area (Å²) in [5.41, 5.74) is 2.99. The monoisotopic (exact) mass is 1380 g/mol. The molecule has 494 valence electrons. The molecule has 2 atom stereocenters. The van der Waals surface area contributed by atoms with E-state index in [1.165, 1.54) is 134 Å². The number of nitrogens with zero attached hydrogens (tertiary/aromatic N) is 1. The summed E-state index contributed by atoms with van der Waals surface area (Å²) in [5.74, 6) is -18.7. The molecular formula is C67H56F10N2O11S4. The molecule has 4 aromatic heterocycles. The average Bonchev–Trinajstić information content (AvgIpc) is 1.79. The van der Waals surface area contributed by atoms with Crippen LogP contribution in [0.25, 0.3) is 41.8 Å². The van der Waals surface area contributed by atoms with E-state index in [0.29, 0.717) is 77.8 Å². The predicted octanol–water partition coefficient (Wildman–Crippen LogP) is 16.0. The minimum Gasteiger partial charge on any atom is -0.486 e. The number of likely N-dealkylation sites (tertiary alicyclic amines) is 1. The first-order valence-electron chi connectivity index (χ1n) is 28.6. The van der Waals surface area contributed by atoms with Gasteiger partial charge in [0.15, 0.2) is 11.5 Å². The number of aliphatic hydroxyl groups is 1. The zero-order valence-corrected chi connectivity index (χ0v) is 52.8. The Morgan fingerprint density at radius 2 is 0.926 bits per heavy atom. The number of hydrogen-bond acceptors (Lipinski definition) is 15. The van der Waals surface area contributed by atoms with E-state index in [9.17, 15) is 64.2 Å². The number of alkyl halides is 6. The van der Waals surface area contributed by atoms with Crippen LogP contribution in [0.15, 0.2) is 164 Å². The molecule has 13 nitrogen and oxygen atoms in total. The fourth-order valence-corrected chi connectivity index (χ4v) is 13.0. The molecule has 0 bridgehead atoms. The van der Waals surface area contributed by atoms with Crippen LogP contribution in [-0.2, 0) is 46.4 Å². The second kappa shape index (κ2) is 31.9. The quantitative estimate of drug-likeness (QED) is 0.0302. The number of ether oxygens (including phenoxy) is 4. The smallest absolute Gasteiger partial charge is 0.382 e. The third-order valence-electron chi connectivity index (χ3n) is 13.9. The fraction of sp³-hybridized carbons (Fsp3) is 0.239. The maximum atomic E-state index is 15.3. The van der Waals surface area contributed by atoms with E-state index < -0.39 is 91.6 Å². The molecule has 2 aliphatic heterocycles. The number of nitrogens with one attached hydrogen (secondary N) is 1. The molecule has 1 amide bonds. The fourth-order valence-electron chi connectivity index (χ4n) is 9.10. The zero-order valence-electron chi connectivity index (χ0n) is 49.5. The summed E-state index contributed by atoms with van der Waals surface area (Å²) in [6, 6.07) is 37.3. The number of hydrogen-bond donors (Lipinski definition) is 3. The summed E-state index contributed by atoms with van der Waals surface area (Å²) in [4.78, 5) is 60.9. The largest absolute Gasteiger partial charge is 0.486 e. The minimum absolute atomic E-state index is 0.107. The molecule has 0 aliphatic carbocycles. The molecule has 11 rings (SSSR count). The lowest BCUT2D eigenvalue weighted by Crippen LogP contribution is -2.50. The highest BCUT2D eigenvalue weighted by molar-refractivity contribution is 7.18. The summed E-state index contributed by atoms with van der Waals surface area (Å²) < 4.78 is 156. The Labute approximate surface area is 547 Å². The molecule has 94 heavy (non-hydrogen) atoms.